The van der Waals surface area contributed by atoms with Gasteiger partial charge in [0.25, 0.3) is 0 Å². The highest BCUT2D eigenvalue weighted by Gasteiger charge is 2.11. The van der Waals surface area contributed by atoms with E-state index in [0.29, 0.717) is 41.7 Å². The lowest BCUT2D eigenvalue weighted by Gasteiger charge is -2.11. The average Bonchev–Trinajstić information content (AvgIpc) is 2.74. The van der Waals surface area contributed by atoms with Gasteiger partial charge in [0.2, 0.25) is 11.8 Å². The Bertz CT molecular complexity index is 894. The van der Waals surface area contributed by atoms with Crippen LogP contribution in [0.3, 0.4) is 0 Å². The van der Waals surface area contributed by atoms with Gasteiger partial charge in [-0.3, -0.25) is 9.59 Å². The Balaban J connectivity index is 1.90. The Hall–Kier alpha value is -3.81. The average molecular weight is 411 g/mol. The molecule has 0 aromatic heterocycles. The molecule has 2 N–H and O–H groups in total. The molecule has 2 amide bonds. The molecule has 0 heterocycles. The minimum atomic E-state index is -0.550. The number of para-hydroxylation sites is 1. The summed E-state index contributed by atoms with van der Waals surface area (Å²) in [5.41, 5.74) is 3.50. The highest BCUT2D eigenvalue weighted by molar-refractivity contribution is 6.03. The second kappa shape index (κ2) is 11.9. The van der Waals surface area contributed by atoms with E-state index in [2.05, 4.69) is 22.4 Å². The molecule has 30 heavy (non-hydrogen) atoms. The number of carbonyl (C=O) groups is 2. The van der Waals surface area contributed by atoms with E-state index in [0.717, 1.165) is 0 Å². The van der Waals surface area contributed by atoms with Crippen LogP contribution >= 0.6 is 0 Å². The maximum Gasteiger partial charge on any atom is 0.249 e. The molecule has 8 nitrogen and oxygen atoms in total. The number of nitrogens with zero attached hydrogens (tertiary/aromatic N) is 1. The van der Waals surface area contributed by atoms with Crippen LogP contribution in [-0.2, 0) is 9.59 Å². The molecule has 0 bridgehead atoms. The second-order valence-electron chi connectivity index (χ2n) is 5.95. The van der Waals surface area contributed by atoms with E-state index < -0.39 is 11.8 Å². The number of carbonyl (C=O) groups excluding carboxylic acids is 2. The van der Waals surface area contributed by atoms with Crippen molar-refractivity contribution in [1.82, 2.24) is 5.43 Å². The number of ether oxygens (including phenoxy) is 3. The SMILES string of the molecule is C=CCOc1c(C=NNC(=O)CC(=O)Nc2ccc(OCC)cc2)cccc1OC. The van der Waals surface area contributed by atoms with E-state index in [1.807, 2.05) is 6.92 Å². The molecule has 8 heteroatoms. The van der Waals surface area contributed by atoms with Gasteiger partial charge in [-0.15, -0.1) is 0 Å². The Morgan fingerprint density at radius 1 is 1.10 bits per heavy atom. The number of benzene rings is 2. The zero-order valence-electron chi connectivity index (χ0n) is 17.0. The summed E-state index contributed by atoms with van der Waals surface area (Å²) in [5.74, 6) is 0.707. The van der Waals surface area contributed by atoms with Crippen molar-refractivity contribution in [3.63, 3.8) is 0 Å². The minimum Gasteiger partial charge on any atom is -0.494 e. The maximum atomic E-state index is 12.0. The van der Waals surface area contributed by atoms with Crippen LogP contribution in [0, 0.1) is 0 Å². The van der Waals surface area contributed by atoms with Gasteiger partial charge in [-0.05, 0) is 43.3 Å². The summed E-state index contributed by atoms with van der Waals surface area (Å²) in [4.78, 5) is 24.0. The Labute approximate surface area is 175 Å². The number of hydrogen-bond donors (Lipinski definition) is 2. The monoisotopic (exact) mass is 411 g/mol. The van der Waals surface area contributed by atoms with Gasteiger partial charge in [-0.2, -0.15) is 5.10 Å². The quantitative estimate of drug-likeness (QED) is 0.256. The van der Waals surface area contributed by atoms with Crippen molar-refractivity contribution < 1.29 is 23.8 Å². The van der Waals surface area contributed by atoms with Gasteiger partial charge in [0.1, 0.15) is 18.8 Å². The number of hydrogen-bond acceptors (Lipinski definition) is 6. The van der Waals surface area contributed by atoms with Crippen LogP contribution < -0.4 is 25.0 Å². The molecule has 2 rings (SSSR count). The molecule has 0 saturated carbocycles. The standard InChI is InChI=1S/C22H25N3O5/c1-4-13-30-22-16(7-6-8-19(22)28-3)15-23-25-21(27)14-20(26)24-17-9-11-18(12-10-17)29-5-2/h4,6-12,15H,1,5,13-14H2,2-3H3,(H,24,26)(H,25,27). The van der Waals surface area contributed by atoms with Crippen molar-refractivity contribution in [2.75, 3.05) is 25.6 Å². The third-order valence-corrected chi connectivity index (χ3v) is 3.74. The van der Waals surface area contributed by atoms with Gasteiger partial charge in [0.05, 0.1) is 19.9 Å². The zero-order chi connectivity index (χ0) is 21.8. The molecule has 0 saturated heterocycles. The number of anilines is 1. The molecule has 0 aliphatic heterocycles. The molecule has 2 aromatic carbocycles. The predicted molar refractivity (Wildman–Crippen MR) is 115 cm³/mol. The first kappa shape index (κ1) is 22.5. The molecular formula is C22H25N3O5. The van der Waals surface area contributed by atoms with Gasteiger partial charge in [0, 0.05) is 11.3 Å². The summed E-state index contributed by atoms with van der Waals surface area (Å²) in [6.45, 7) is 6.36. The van der Waals surface area contributed by atoms with E-state index in [-0.39, 0.29) is 6.42 Å². The highest BCUT2D eigenvalue weighted by Crippen LogP contribution is 2.30. The number of methoxy groups -OCH3 is 1. The Morgan fingerprint density at radius 3 is 2.53 bits per heavy atom. The molecule has 0 atom stereocenters. The number of hydrazone groups is 1. The van der Waals surface area contributed by atoms with Crippen LogP contribution in [0.25, 0.3) is 0 Å². The third-order valence-electron chi connectivity index (χ3n) is 3.74. The number of nitrogens with one attached hydrogen (secondary N) is 2. The van der Waals surface area contributed by atoms with E-state index in [1.54, 1.807) is 48.5 Å². The summed E-state index contributed by atoms with van der Waals surface area (Å²) >= 11 is 0. The lowest BCUT2D eigenvalue weighted by molar-refractivity contribution is -0.126. The highest BCUT2D eigenvalue weighted by atomic mass is 16.5. The molecule has 0 fully saturated rings. The molecule has 0 aliphatic rings. The van der Waals surface area contributed by atoms with Crippen LogP contribution in [0.5, 0.6) is 17.2 Å². The summed E-state index contributed by atoms with van der Waals surface area (Å²) in [5, 5.41) is 6.54. The number of amides is 2. The summed E-state index contributed by atoms with van der Waals surface area (Å²) < 4.78 is 16.2. The molecule has 0 unspecified atom stereocenters. The smallest absolute Gasteiger partial charge is 0.249 e. The fraction of sp³-hybridized carbons (Fsp3) is 0.227. The third kappa shape index (κ3) is 6.97. The molecule has 0 aliphatic carbocycles. The van der Waals surface area contributed by atoms with Crippen molar-refractivity contribution in [2.24, 2.45) is 5.10 Å². The summed E-state index contributed by atoms with van der Waals surface area (Å²) in [7, 11) is 1.53. The predicted octanol–water partition coefficient (Wildman–Crippen LogP) is 3.14. The van der Waals surface area contributed by atoms with Gasteiger partial charge in [-0.25, -0.2) is 5.43 Å². The van der Waals surface area contributed by atoms with Crippen LogP contribution in [0.15, 0.2) is 60.2 Å². The zero-order valence-corrected chi connectivity index (χ0v) is 17.0. The summed E-state index contributed by atoms with van der Waals surface area (Å²) in [6.07, 6.45) is 2.66. The first-order chi connectivity index (χ1) is 14.6. The largest absolute Gasteiger partial charge is 0.494 e. The Kier molecular flexibility index (Phi) is 8.92. The molecule has 0 radical (unpaired) electrons. The molecule has 2 aromatic rings. The second-order valence-corrected chi connectivity index (χ2v) is 5.95. The fourth-order valence-corrected chi connectivity index (χ4v) is 2.46. The topological polar surface area (TPSA) is 98.2 Å². The number of rotatable bonds is 11. The first-order valence-corrected chi connectivity index (χ1v) is 9.32. The van der Waals surface area contributed by atoms with Crippen LogP contribution in [0.2, 0.25) is 0 Å². The normalized spacial score (nSPS) is 10.3. The lowest BCUT2D eigenvalue weighted by atomic mass is 10.2. The van der Waals surface area contributed by atoms with Crippen molar-refractivity contribution in [3.8, 4) is 17.2 Å². The van der Waals surface area contributed by atoms with Gasteiger partial charge in [-0.1, -0.05) is 18.7 Å². The maximum absolute atomic E-state index is 12.0. The molecule has 0 spiro atoms. The van der Waals surface area contributed by atoms with Crippen molar-refractivity contribution in [1.29, 1.82) is 0 Å². The van der Waals surface area contributed by atoms with Crippen LogP contribution in [0.4, 0.5) is 5.69 Å². The fourth-order valence-electron chi connectivity index (χ4n) is 2.46. The van der Waals surface area contributed by atoms with Crippen molar-refractivity contribution in [2.45, 2.75) is 13.3 Å². The van der Waals surface area contributed by atoms with E-state index in [9.17, 15) is 9.59 Å². The van der Waals surface area contributed by atoms with Gasteiger partial charge in [0.15, 0.2) is 11.5 Å². The van der Waals surface area contributed by atoms with Crippen molar-refractivity contribution >= 4 is 23.7 Å². The first-order valence-electron chi connectivity index (χ1n) is 9.32. The molecule has 158 valence electrons. The van der Waals surface area contributed by atoms with E-state index >= 15 is 0 Å². The van der Waals surface area contributed by atoms with Crippen molar-refractivity contribution in [3.05, 3.63) is 60.7 Å². The van der Waals surface area contributed by atoms with E-state index in [4.69, 9.17) is 14.2 Å². The minimum absolute atomic E-state index is 0.291. The lowest BCUT2D eigenvalue weighted by Crippen LogP contribution is -2.24. The molecular weight excluding hydrogens is 386 g/mol. The van der Waals surface area contributed by atoms with Gasteiger partial charge >= 0.3 is 0 Å². The van der Waals surface area contributed by atoms with E-state index in [1.165, 1.54) is 13.3 Å². The van der Waals surface area contributed by atoms with Crippen LogP contribution in [0.1, 0.15) is 18.9 Å². The van der Waals surface area contributed by atoms with Crippen LogP contribution in [-0.4, -0.2) is 38.4 Å². The Morgan fingerprint density at radius 2 is 1.87 bits per heavy atom. The summed E-state index contributed by atoms with van der Waals surface area (Å²) in [6, 6.07) is 12.2. The van der Waals surface area contributed by atoms with Gasteiger partial charge < -0.3 is 19.5 Å².